The first-order valence-corrected chi connectivity index (χ1v) is 6.29. The highest BCUT2D eigenvalue weighted by molar-refractivity contribution is 5.59. The Hall–Kier alpha value is -2.30. The molecule has 0 fully saturated rings. The Morgan fingerprint density at radius 2 is 1.84 bits per heavy atom. The number of ether oxygens (including phenoxy) is 1. The summed E-state index contributed by atoms with van der Waals surface area (Å²) in [5, 5.41) is 6.45. The van der Waals surface area contributed by atoms with E-state index in [1.807, 2.05) is 30.3 Å². The molecular formula is C14H18N4O. The molecule has 0 spiro atoms. The van der Waals surface area contributed by atoms with Crippen LogP contribution >= 0.6 is 0 Å². The molecule has 1 aromatic heterocycles. The number of hydrogen-bond acceptors (Lipinski definition) is 5. The molecule has 2 aromatic rings. The maximum absolute atomic E-state index is 5.12. The van der Waals surface area contributed by atoms with Crippen molar-refractivity contribution in [3.05, 3.63) is 36.7 Å². The van der Waals surface area contributed by atoms with Crippen molar-refractivity contribution in [3.8, 4) is 5.75 Å². The zero-order valence-corrected chi connectivity index (χ0v) is 11.2. The molecule has 5 nitrogen and oxygen atoms in total. The van der Waals surface area contributed by atoms with Crippen LogP contribution in [0.25, 0.3) is 0 Å². The largest absolute Gasteiger partial charge is 0.497 e. The van der Waals surface area contributed by atoms with Gasteiger partial charge in [-0.3, -0.25) is 0 Å². The number of aromatic nitrogens is 2. The molecule has 0 saturated heterocycles. The monoisotopic (exact) mass is 258 g/mol. The van der Waals surface area contributed by atoms with Crippen molar-refractivity contribution >= 4 is 17.3 Å². The van der Waals surface area contributed by atoms with Gasteiger partial charge in [0.25, 0.3) is 0 Å². The number of nitrogens with one attached hydrogen (secondary N) is 2. The molecular weight excluding hydrogens is 240 g/mol. The topological polar surface area (TPSA) is 59.1 Å². The predicted molar refractivity (Wildman–Crippen MR) is 77.1 cm³/mol. The minimum atomic E-state index is 0.763. The second-order valence-electron chi connectivity index (χ2n) is 4.07. The van der Waals surface area contributed by atoms with Crippen molar-refractivity contribution in [2.45, 2.75) is 13.3 Å². The van der Waals surface area contributed by atoms with Crippen LogP contribution in [0.1, 0.15) is 13.3 Å². The van der Waals surface area contributed by atoms with Crippen LogP contribution in [-0.4, -0.2) is 23.6 Å². The standard InChI is InChI=1S/C14H18N4O/c1-3-8-15-13-9-14(17-10-16-13)18-11-4-6-12(19-2)7-5-11/h4-7,9-10H,3,8H2,1-2H3,(H2,15,16,17,18). The Morgan fingerprint density at radius 1 is 1.11 bits per heavy atom. The minimum Gasteiger partial charge on any atom is -0.497 e. The van der Waals surface area contributed by atoms with Gasteiger partial charge in [0.05, 0.1) is 7.11 Å². The molecule has 100 valence electrons. The Balaban J connectivity index is 2.05. The molecule has 0 aliphatic carbocycles. The zero-order chi connectivity index (χ0) is 13.5. The van der Waals surface area contributed by atoms with Gasteiger partial charge < -0.3 is 15.4 Å². The van der Waals surface area contributed by atoms with Gasteiger partial charge in [-0.25, -0.2) is 9.97 Å². The van der Waals surface area contributed by atoms with Crippen LogP contribution in [0.4, 0.5) is 17.3 Å². The fourth-order valence-electron chi connectivity index (χ4n) is 1.60. The van der Waals surface area contributed by atoms with E-state index in [0.29, 0.717) is 0 Å². The van der Waals surface area contributed by atoms with E-state index in [1.54, 1.807) is 13.4 Å². The molecule has 0 amide bonds. The lowest BCUT2D eigenvalue weighted by Gasteiger charge is -2.08. The van der Waals surface area contributed by atoms with Crippen LogP contribution in [-0.2, 0) is 0 Å². The number of hydrogen-bond donors (Lipinski definition) is 2. The molecule has 5 heteroatoms. The Morgan fingerprint density at radius 3 is 2.53 bits per heavy atom. The number of rotatable bonds is 6. The molecule has 1 heterocycles. The number of anilines is 3. The van der Waals surface area contributed by atoms with E-state index >= 15 is 0 Å². The minimum absolute atomic E-state index is 0.763. The molecule has 2 N–H and O–H groups in total. The van der Waals surface area contributed by atoms with Gasteiger partial charge in [-0.15, -0.1) is 0 Å². The lowest BCUT2D eigenvalue weighted by atomic mass is 10.3. The van der Waals surface area contributed by atoms with Crippen molar-refractivity contribution < 1.29 is 4.74 Å². The third-order valence-electron chi connectivity index (χ3n) is 2.59. The first kappa shape index (κ1) is 13.1. The van der Waals surface area contributed by atoms with Crippen LogP contribution in [0.2, 0.25) is 0 Å². The Bertz CT molecular complexity index is 513. The summed E-state index contributed by atoms with van der Waals surface area (Å²) in [6, 6.07) is 9.58. The van der Waals surface area contributed by atoms with Gasteiger partial charge in [-0.05, 0) is 30.7 Å². The average molecular weight is 258 g/mol. The highest BCUT2D eigenvalue weighted by Gasteiger charge is 1.99. The maximum atomic E-state index is 5.12. The molecule has 2 rings (SSSR count). The average Bonchev–Trinajstić information content (AvgIpc) is 2.46. The summed E-state index contributed by atoms with van der Waals surface area (Å²) in [4.78, 5) is 8.36. The Kier molecular flexibility index (Phi) is 4.55. The van der Waals surface area contributed by atoms with Crippen molar-refractivity contribution in [2.75, 3.05) is 24.3 Å². The third kappa shape index (κ3) is 3.84. The van der Waals surface area contributed by atoms with E-state index in [0.717, 1.165) is 36.0 Å². The summed E-state index contributed by atoms with van der Waals surface area (Å²) in [7, 11) is 1.65. The van der Waals surface area contributed by atoms with Gasteiger partial charge in [0.2, 0.25) is 0 Å². The normalized spacial score (nSPS) is 10.0. The quantitative estimate of drug-likeness (QED) is 0.834. The highest BCUT2D eigenvalue weighted by Crippen LogP contribution is 2.19. The van der Waals surface area contributed by atoms with Gasteiger partial charge >= 0.3 is 0 Å². The lowest BCUT2D eigenvalue weighted by molar-refractivity contribution is 0.415. The zero-order valence-electron chi connectivity index (χ0n) is 11.2. The van der Waals surface area contributed by atoms with Crippen LogP contribution in [0, 0.1) is 0 Å². The lowest BCUT2D eigenvalue weighted by Crippen LogP contribution is -2.03. The van der Waals surface area contributed by atoms with Gasteiger partial charge in [0.1, 0.15) is 23.7 Å². The van der Waals surface area contributed by atoms with Crippen LogP contribution in [0.15, 0.2) is 36.7 Å². The van der Waals surface area contributed by atoms with Gasteiger partial charge in [-0.1, -0.05) is 6.92 Å². The summed E-state index contributed by atoms with van der Waals surface area (Å²) in [5.74, 6) is 2.42. The van der Waals surface area contributed by atoms with E-state index in [1.165, 1.54) is 0 Å². The van der Waals surface area contributed by atoms with Crippen molar-refractivity contribution in [2.24, 2.45) is 0 Å². The third-order valence-corrected chi connectivity index (χ3v) is 2.59. The fraction of sp³-hybridized carbons (Fsp3) is 0.286. The van der Waals surface area contributed by atoms with Gasteiger partial charge in [0.15, 0.2) is 0 Å². The molecule has 0 atom stereocenters. The summed E-state index contributed by atoms with van der Waals surface area (Å²) in [6.07, 6.45) is 2.61. The molecule has 0 bridgehead atoms. The molecule has 0 aliphatic heterocycles. The second kappa shape index (κ2) is 6.58. The fourth-order valence-corrected chi connectivity index (χ4v) is 1.60. The van der Waals surface area contributed by atoms with Crippen molar-refractivity contribution in [1.82, 2.24) is 9.97 Å². The van der Waals surface area contributed by atoms with E-state index in [4.69, 9.17) is 4.74 Å². The summed E-state index contributed by atoms with van der Waals surface area (Å²) < 4.78 is 5.12. The molecule has 0 saturated carbocycles. The van der Waals surface area contributed by atoms with Gasteiger partial charge in [-0.2, -0.15) is 0 Å². The van der Waals surface area contributed by atoms with Crippen LogP contribution < -0.4 is 15.4 Å². The smallest absolute Gasteiger partial charge is 0.135 e. The number of methoxy groups -OCH3 is 1. The van der Waals surface area contributed by atoms with E-state index in [-0.39, 0.29) is 0 Å². The molecule has 19 heavy (non-hydrogen) atoms. The summed E-state index contributed by atoms with van der Waals surface area (Å²) >= 11 is 0. The molecule has 0 unspecified atom stereocenters. The number of nitrogens with zero attached hydrogens (tertiary/aromatic N) is 2. The van der Waals surface area contributed by atoms with Crippen molar-refractivity contribution in [3.63, 3.8) is 0 Å². The predicted octanol–water partition coefficient (Wildman–Crippen LogP) is 3.05. The molecule has 0 radical (unpaired) electrons. The second-order valence-corrected chi connectivity index (χ2v) is 4.07. The van der Waals surface area contributed by atoms with Gasteiger partial charge in [0, 0.05) is 18.3 Å². The first-order valence-electron chi connectivity index (χ1n) is 6.29. The SMILES string of the molecule is CCCNc1cc(Nc2ccc(OC)cc2)ncn1. The summed E-state index contributed by atoms with van der Waals surface area (Å²) in [6.45, 7) is 3.02. The van der Waals surface area contributed by atoms with E-state index < -0.39 is 0 Å². The van der Waals surface area contributed by atoms with Crippen LogP contribution in [0.3, 0.4) is 0 Å². The highest BCUT2D eigenvalue weighted by atomic mass is 16.5. The number of benzene rings is 1. The van der Waals surface area contributed by atoms with E-state index in [9.17, 15) is 0 Å². The Labute approximate surface area is 113 Å². The van der Waals surface area contributed by atoms with Crippen LogP contribution in [0.5, 0.6) is 5.75 Å². The maximum Gasteiger partial charge on any atom is 0.135 e. The van der Waals surface area contributed by atoms with E-state index in [2.05, 4.69) is 27.5 Å². The molecule has 0 aliphatic rings. The molecule has 1 aromatic carbocycles. The van der Waals surface area contributed by atoms with Crippen molar-refractivity contribution in [1.29, 1.82) is 0 Å². The summed E-state index contributed by atoms with van der Waals surface area (Å²) in [5.41, 5.74) is 0.959. The first-order chi connectivity index (χ1) is 9.31.